The lowest BCUT2D eigenvalue weighted by molar-refractivity contribution is -0.127. The molecular formula is C18H16N4O. The SMILES string of the molecule is N#CNC1=NC(Cc2ccccc2)C(=O)N1Cc1ccccc1. The van der Waals surface area contributed by atoms with Crippen LogP contribution in [0.4, 0.5) is 0 Å². The minimum atomic E-state index is -0.489. The van der Waals surface area contributed by atoms with Crippen LogP contribution in [0.5, 0.6) is 0 Å². The zero-order valence-corrected chi connectivity index (χ0v) is 12.5. The molecular weight excluding hydrogens is 288 g/mol. The number of carbonyl (C=O) groups is 1. The van der Waals surface area contributed by atoms with E-state index >= 15 is 0 Å². The molecule has 23 heavy (non-hydrogen) atoms. The molecule has 1 aliphatic heterocycles. The summed E-state index contributed by atoms with van der Waals surface area (Å²) in [6.45, 7) is 0.401. The van der Waals surface area contributed by atoms with Crippen LogP contribution in [-0.2, 0) is 17.8 Å². The molecule has 2 aromatic rings. The quantitative estimate of drug-likeness (QED) is 0.694. The predicted molar refractivity (Wildman–Crippen MR) is 87.1 cm³/mol. The fourth-order valence-corrected chi connectivity index (χ4v) is 2.60. The van der Waals surface area contributed by atoms with E-state index in [0.717, 1.165) is 11.1 Å². The highest BCUT2D eigenvalue weighted by Crippen LogP contribution is 2.18. The molecule has 0 saturated carbocycles. The number of hydrogen-bond acceptors (Lipinski definition) is 4. The van der Waals surface area contributed by atoms with Gasteiger partial charge in [0, 0.05) is 6.42 Å². The fourth-order valence-electron chi connectivity index (χ4n) is 2.60. The van der Waals surface area contributed by atoms with E-state index in [2.05, 4.69) is 10.3 Å². The van der Waals surface area contributed by atoms with Crippen molar-refractivity contribution in [3.05, 3.63) is 71.8 Å². The number of hydrogen-bond donors (Lipinski definition) is 1. The van der Waals surface area contributed by atoms with E-state index in [9.17, 15) is 4.79 Å². The van der Waals surface area contributed by atoms with Gasteiger partial charge in [0.1, 0.15) is 6.04 Å². The molecule has 0 aliphatic carbocycles. The molecule has 3 rings (SSSR count). The maximum Gasteiger partial charge on any atom is 0.254 e. The Morgan fingerprint density at radius 1 is 1.04 bits per heavy atom. The van der Waals surface area contributed by atoms with Gasteiger partial charge < -0.3 is 0 Å². The highest BCUT2D eigenvalue weighted by molar-refractivity contribution is 6.05. The van der Waals surface area contributed by atoms with E-state index in [1.807, 2.05) is 66.9 Å². The molecule has 114 valence electrons. The first-order valence-electron chi connectivity index (χ1n) is 7.40. The number of guanidine groups is 1. The summed E-state index contributed by atoms with van der Waals surface area (Å²) in [5.74, 6) is 0.234. The third-order valence-corrected chi connectivity index (χ3v) is 3.71. The Morgan fingerprint density at radius 2 is 1.65 bits per heavy atom. The van der Waals surface area contributed by atoms with Gasteiger partial charge in [0.05, 0.1) is 6.54 Å². The fraction of sp³-hybridized carbons (Fsp3) is 0.167. The molecule has 1 amide bonds. The summed E-state index contributed by atoms with van der Waals surface area (Å²) in [6.07, 6.45) is 2.39. The summed E-state index contributed by atoms with van der Waals surface area (Å²) >= 11 is 0. The Balaban J connectivity index is 1.79. The zero-order chi connectivity index (χ0) is 16.1. The Hall–Kier alpha value is -3.13. The highest BCUT2D eigenvalue weighted by Gasteiger charge is 2.34. The lowest BCUT2D eigenvalue weighted by atomic mass is 10.1. The number of benzene rings is 2. The van der Waals surface area contributed by atoms with Crippen LogP contribution in [0, 0.1) is 11.5 Å². The minimum absolute atomic E-state index is 0.0875. The number of nitriles is 1. The van der Waals surface area contributed by atoms with Crippen molar-refractivity contribution >= 4 is 11.9 Å². The topological polar surface area (TPSA) is 68.5 Å². The van der Waals surface area contributed by atoms with Crippen LogP contribution >= 0.6 is 0 Å². The average Bonchev–Trinajstić information content (AvgIpc) is 2.86. The van der Waals surface area contributed by atoms with Crippen LogP contribution in [0.2, 0.25) is 0 Å². The normalized spacial score (nSPS) is 16.8. The van der Waals surface area contributed by atoms with Crippen LogP contribution < -0.4 is 5.32 Å². The Bertz CT molecular complexity index is 750. The molecule has 2 aromatic carbocycles. The van der Waals surface area contributed by atoms with E-state index in [1.54, 1.807) is 0 Å². The number of amides is 1. The molecule has 0 fully saturated rings. The number of nitrogens with zero attached hydrogens (tertiary/aromatic N) is 3. The molecule has 0 bridgehead atoms. The van der Waals surface area contributed by atoms with E-state index in [-0.39, 0.29) is 5.91 Å². The molecule has 1 unspecified atom stereocenters. The number of aliphatic imine (C=N–C) groups is 1. The summed E-state index contributed by atoms with van der Waals surface area (Å²) in [5, 5.41) is 11.4. The maximum atomic E-state index is 12.7. The molecule has 0 saturated heterocycles. The third-order valence-electron chi connectivity index (χ3n) is 3.71. The third kappa shape index (κ3) is 3.38. The highest BCUT2D eigenvalue weighted by atomic mass is 16.2. The molecule has 1 atom stereocenters. The van der Waals surface area contributed by atoms with Gasteiger partial charge in [0.15, 0.2) is 6.19 Å². The molecule has 0 aromatic heterocycles. The lowest BCUT2D eigenvalue weighted by Crippen LogP contribution is -2.40. The van der Waals surface area contributed by atoms with Crippen LogP contribution in [0.15, 0.2) is 65.7 Å². The summed E-state index contributed by atoms with van der Waals surface area (Å²) in [5.41, 5.74) is 2.04. The van der Waals surface area contributed by atoms with Crippen LogP contribution in [0.1, 0.15) is 11.1 Å². The van der Waals surface area contributed by atoms with E-state index in [0.29, 0.717) is 18.9 Å². The predicted octanol–water partition coefficient (Wildman–Crippen LogP) is 2.07. The molecule has 5 heteroatoms. The maximum absolute atomic E-state index is 12.7. The van der Waals surface area contributed by atoms with Gasteiger partial charge >= 0.3 is 0 Å². The van der Waals surface area contributed by atoms with Gasteiger partial charge in [-0.25, -0.2) is 4.99 Å². The summed E-state index contributed by atoms with van der Waals surface area (Å²) in [4.78, 5) is 18.6. The largest absolute Gasteiger partial charge is 0.276 e. The first kappa shape index (κ1) is 14.8. The van der Waals surface area contributed by atoms with Crippen molar-refractivity contribution in [1.82, 2.24) is 10.2 Å². The lowest BCUT2D eigenvalue weighted by Gasteiger charge is -2.18. The second-order valence-corrected chi connectivity index (χ2v) is 5.31. The van der Waals surface area contributed by atoms with Crippen molar-refractivity contribution in [3.63, 3.8) is 0 Å². The van der Waals surface area contributed by atoms with E-state index < -0.39 is 6.04 Å². The van der Waals surface area contributed by atoms with Gasteiger partial charge in [-0.3, -0.25) is 15.0 Å². The van der Waals surface area contributed by atoms with Gasteiger partial charge in [-0.2, -0.15) is 5.26 Å². The molecule has 1 N–H and O–H groups in total. The first-order valence-corrected chi connectivity index (χ1v) is 7.40. The Labute approximate surface area is 134 Å². The standard InChI is InChI=1S/C18H16N4O/c19-13-20-18-21-16(11-14-7-3-1-4-8-14)17(23)22(18)12-15-9-5-2-6-10-15/h1-10,16H,11-12H2,(H,20,21). The minimum Gasteiger partial charge on any atom is -0.276 e. The Kier molecular flexibility index (Phi) is 4.34. The van der Waals surface area contributed by atoms with Crippen molar-refractivity contribution in [2.24, 2.45) is 4.99 Å². The summed E-state index contributed by atoms with van der Waals surface area (Å²) < 4.78 is 0. The van der Waals surface area contributed by atoms with Crippen molar-refractivity contribution in [2.75, 3.05) is 0 Å². The Morgan fingerprint density at radius 3 is 2.26 bits per heavy atom. The van der Waals surface area contributed by atoms with Crippen molar-refractivity contribution in [1.29, 1.82) is 5.26 Å². The van der Waals surface area contributed by atoms with Crippen LogP contribution in [0.3, 0.4) is 0 Å². The molecule has 0 spiro atoms. The second-order valence-electron chi connectivity index (χ2n) is 5.31. The molecule has 5 nitrogen and oxygen atoms in total. The van der Waals surface area contributed by atoms with E-state index in [4.69, 9.17) is 5.26 Å². The van der Waals surface area contributed by atoms with Crippen LogP contribution in [-0.4, -0.2) is 22.8 Å². The van der Waals surface area contributed by atoms with Gasteiger partial charge in [0.2, 0.25) is 5.96 Å². The monoisotopic (exact) mass is 304 g/mol. The molecule has 0 radical (unpaired) electrons. The smallest absolute Gasteiger partial charge is 0.254 e. The van der Waals surface area contributed by atoms with Crippen molar-refractivity contribution < 1.29 is 4.79 Å². The van der Waals surface area contributed by atoms with Crippen molar-refractivity contribution in [3.8, 4) is 6.19 Å². The first-order chi connectivity index (χ1) is 11.3. The average molecular weight is 304 g/mol. The van der Waals surface area contributed by atoms with Gasteiger partial charge in [-0.1, -0.05) is 60.7 Å². The second kappa shape index (κ2) is 6.75. The molecule has 1 heterocycles. The van der Waals surface area contributed by atoms with Gasteiger partial charge in [-0.15, -0.1) is 0 Å². The summed E-state index contributed by atoms with van der Waals surface area (Å²) in [7, 11) is 0. The van der Waals surface area contributed by atoms with Gasteiger partial charge in [0.25, 0.3) is 5.91 Å². The number of carbonyl (C=O) groups excluding carboxylic acids is 1. The molecule has 1 aliphatic rings. The van der Waals surface area contributed by atoms with Crippen LogP contribution in [0.25, 0.3) is 0 Å². The number of nitrogens with one attached hydrogen (secondary N) is 1. The van der Waals surface area contributed by atoms with Gasteiger partial charge in [-0.05, 0) is 11.1 Å². The zero-order valence-electron chi connectivity index (χ0n) is 12.5. The summed E-state index contributed by atoms with van der Waals surface area (Å²) in [6, 6.07) is 18.9. The van der Waals surface area contributed by atoms with E-state index in [1.165, 1.54) is 4.90 Å². The number of rotatable bonds is 4. The van der Waals surface area contributed by atoms with Crippen molar-refractivity contribution in [2.45, 2.75) is 19.0 Å².